The van der Waals surface area contributed by atoms with E-state index in [2.05, 4.69) is 47.9 Å². The Labute approximate surface area is 122 Å². The maximum atomic E-state index is 12.6. The number of nitrogens with two attached hydrogens (primary N) is 1. The van der Waals surface area contributed by atoms with E-state index < -0.39 is 17.8 Å². The number of anilines is 2. The Morgan fingerprint density at radius 2 is 1.76 bits per heavy atom. The van der Waals surface area contributed by atoms with Crippen LogP contribution in [0, 0.1) is 0 Å². The monoisotopic (exact) mass is 305 g/mol. The molecule has 0 aliphatic carbocycles. The quantitative estimate of drug-likeness (QED) is 0.845. The molecule has 8 heteroatoms. The molecular formula is C13H22F3N5. The SMILES string of the molecule is CC(C)N(CCNc1cc(C(F)(F)F)nc(N)n1)C(C)C. The highest BCUT2D eigenvalue weighted by atomic mass is 19.4. The Morgan fingerprint density at radius 1 is 1.19 bits per heavy atom. The number of halogens is 3. The number of hydrogen-bond acceptors (Lipinski definition) is 5. The Morgan fingerprint density at radius 3 is 2.24 bits per heavy atom. The second-order valence-corrected chi connectivity index (χ2v) is 5.35. The molecule has 0 amide bonds. The lowest BCUT2D eigenvalue weighted by Gasteiger charge is -2.30. The van der Waals surface area contributed by atoms with Crippen molar-refractivity contribution in [2.24, 2.45) is 0 Å². The van der Waals surface area contributed by atoms with Crippen LogP contribution in [0.4, 0.5) is 24.9 Å². The van der Waals surface area contributed by atoms with Crippen LogP contribution >= 0.6 is 0 Å². The fourth-order valence-corrected chi connectivity index (χ4v) is 2.13. The Hall–Kier alpha value is -1.57. The van der Waals surface area contributed by atoms with Crippen LogP contribution in [0.3, 0.4) is 0 Å². The lowest BCUT2D eigenvalue weighted by atomic mass is 10.2. The van der Waals surface area contributed by atoms with Crippen molar-refractivity contribution in [3.05, 3.63) is 11.8 Å². The fourth-order valence-electron chi connectivity index (χ4n) is 2.13. The van der Waals surface area contributed by atoms with Gasteiger partial charge in [-0.2, -0.15) is 18.2 Å². The molecule has 1 rings (SSSR count). The van der Waals surface area contributed by atoms with Crippen molar-refractivity contribution >= 4 is 11.8 Å². The summed E-state index contributed by atoms with van der Waals surface area (Å²) in [7, 11) is 0. The first-order valence-corrected chi connectivity index (χ1v) is 6.82. The second kappa shape index (κ2) is 6.93. The Balaban J connectivity index is 2.70. The molecule has 0 saturated heterocycles. The van der Waals surface area contributed by atoms with E-state index in [1.54, 1.807) is 0 Å². The van der Waals surface area contributed by atoms with E-state index in [1.165, 1.54) is 0 Å². The molecule has 0 bridgehead atoms. The van der Waals surface area contributed by atoms with Gasteiger partial charge in [0.1, 0.15) is 5.82 Å². The van der Waals surface area contributed by atoms with E-state index >= 15 is 0 Å². The smallest absolute Gasteiger partial charge is 0.369 e. The summed E-state index contributed by atoms with van der Waals surface area (Å²) in [6.07, 6.45) is -4.53. The van der Waals surface area contributed by atoms with Gasteiger partial charge in [0.05, 0.1) is 0 Å². The van der Waals surface area contributed by atoms with Crippen LogP contribution in [-0.2, 0) is 6.18 Å². The standard InChI is InChI=1S/C13H22F3N5/c1-8(2)21(9(3)4)6-5-18-11-7-10(13(14,15)16)19-12(17)20-11/h7-9H,5-6H2,1-4H3,(H3,17,18,19,20). The Bertz CT molecular complexity index is 452. The third kappa shape index (κ3) is 5.37. The zero-order valence-electron chi connectivity index (χ0n) is 12.7. The first-order chi connectivity index (χ1) is 9.61. The van der Waals surface area contributed by atoms with Crippen molar-refractivity contribution in [1.82, 2.24) is 14.9 Å². The summed E-state index contributed by atoms with van der Waals surface area (Å²) in [5, 5.41) is 2.87. The third-order valence-electron chi connectivity index (χ3n) is 3.04. The molecule has 0 unspecified atom stereocenters. The zero-order chi connectivity index (χ0) is 16.2. The maximum Gasteiger partial charge on any atom is 0.433 e. The van der Waals surface area contributed by atoms with Crippen LogP contribution in [-0.4, -0.2) is 40.0 Å². The van der Waals surface area contributed by atoms with Crippen molar-refractivity contribution in [1.29, 1.82) is 0 Å². The molecule has 0 aromatic carbocycles. The summed E-state index contributed by atoms with van der Waals surface area (Å²) < 4.78 is 37.9. The topological polar surface area (TPSA) is 67.1 Å². The highest BCUT2D eigenvalue weighted by Crippen LogP contribution is 2.29. The third-order valence-corrected chi connectivity index (χ3v) is 3.04. The zero-order valence-corrected chi connectivity index (χ0v) is 12.7. The molecular weight excluding hydrogens is 283 g/mol. The first-order valence-electron chi connectivity index (χ1n) is 6.82. The molecule has 0 aliphatic heterocycles. The molecule has 3 N–H and O–H groups in total. The fraction of sp³-hybridized carbons (Fsp3) is 0.692. The lowest BCUT2D eigenvalue weighted by Crippen LogP contribution is -2.40. The summed E-state index contributed by atoms with van der Waals surface area (Å²) in [5.41, 5.74) is 4.27. The summed E-state index contributed by atoms with van der Waals surface area (Å²) >= 11 is 0. The minimum atomic E-state index is -4.53. The Kier molecular flexibility index (Phi) is 5.77. The predicted octanol–water partition coefficient (Wildman–Crippen LogP) is 2.61. The predicted molar refractivity (Wildman–Crippen MR) is 76.9 cm³/mol. The minimum absolute atomic E-state index is 0.0855. The molecule has 1 aromatic heterocycles. The number of rotatable bonds is 6. The molecule has 1 aromatic rings. The molecule has 120 valence electrons. The molecule has 0 fully saturated rings. The van der Waals surface area contributed by atoms with E-state index in [0.29, 0.717) is 25.2 Å². The normalized spacial score (nSPS) is 12.5. The van der Waals surface area contributed by atoms with E-state index in [9.17, 15) is 13.2 Å². The van der Waals surface area contributed by atoms with Gasteiger partial charge in [-0.1, -0.05) is 0 Å². The van der Waals surface area contributed by atoms with Gasteiger partial charge in [-0.15, -0.1) is 0 Å². The van der Waals surface area contributed by atoms with E-state index in [4.69, 9.17) is 5.73 Å². The number of nitrogens with zero attached hydrogens (tertiary/aromatic N) is 3. The van der Waals surface area contributed by atoms with Gasteiger partial charge in [0, 0.05) is 31.2 Å². The summed E-state index contributed by atoms with van der Waals surface area (Å²) in [6.45, 7) is 9.47. The number of nitrogen functional groups attached to an aromatic ring is 1. The highest BCUT2D eigenvalue weighted by molar-refractivity contribution is 5.41. The van der Waals surface area contributed by atoms with Crippen molar-refractivity contribution in [2.75, 3.05) is 24.1 Å². The summed E-state index contributed by atoms with van der Waals surface area (Å²) in [6, 6.07) is 1.58. The van der Waals surface area contributed by atoms with Crippen molar-refractivity contribution < 1.29 is 13.2 Å². The minimum Gasteiger partial charge on any atom is -0.369 e. The van der Waals surface area contributed by atoms with Gasteiger partial charge in [-0.3, -0.25) is 4.90 Å². The van der Waals surface area contributed by atoms with Gasteiger partial charge in [0.15, 0.2) is 5.69 Å². The second-order valence-electron chi connectivity index (χ2n) is 5.35. The molecule has 21 heavy (non-hydrogen) atoms. The average molecular weight is 305 g/mol. The van der Waals surface area contributed by atoms with Gasteiger partial charge in [-0.05, 0) is 27.7 Å². The van der Waals surface area contributed by atoms with Crippen molar-refractivity contribution in [3.8, 4) is 0 Å². The van der Waals surface area contributed by atoms with Crippen molar-refractivity contribution in [2.45, 2.75) is 46.0 Å². The molecule has 1 heterocycles. The average Bonchev–Trinajstić information content (AvgIpc) is 2.31. The van der Waals surface area contributed by atoms with E-state index in [1.807, 2.05) is 0 Å². The van der Waals surface area contributed by atoms with Crippen LogP contribution in [0.1, 0.15) is 33.4 Å². The van der Waals surface area contributed by atoms with E-state index in [0.717, 1.165) is 6.07 Å². The van der Waals surface area contributed by atoms with Gasteiger partial charge >= 0.3 is 6.18 Å². The van der Waals surface area contributed by atoms with Crippen LogP contribution < -0.4 is 11.1 Å². The molecule has 0 radical (unpaired) electrons. The largest absolute Gasteiger partial charge is 0.433 e. The van der Waals surface area contributed by atoms with Gasteiger partial charge in [-0.25, -0.2) is 4.98 Å². The molecule has 0 aliphatic rings. The van der Waals surface area contributed by atoms with Crippen LogP contribution in [0.15, 0.2) is 6.07 Å². The van der Waals surface area contributed by atoms with Gasteiger partial charge in [0.2, 0.25) is 5.95 Å². The highest BCUT2D eigenvalue weighted by Gasteiger charge is 2.33. The molecule has 5 nitrogen and oxygen atoms in total. The number of aromatic nitrogens is 2. The van der Waals surface area contributed by atoms with Crippen molar-refractivity contribution in [3.63, 3.8) is 0 Å². The summed E-state index contributed by atoms with van der Waals surface area (Å²) in [5.74, 6) is -0.306. The van der Waals surface area contributed by atoms with Crippen LogP contribution in [0.2, 0.25) is 0 Å². The molecule has 0 spiro atoms. The van der Waals surface area contributed by atoms with Crippen LogP contribution in [0.5, 0.6) is 0 Å². The lowest BCUT2D eigenvalue weighted by molar-refractivity contribution is -0.141. The number of alkyl halides is 3. The van der Waals surface area contributed by atoms with Gasteiger partial charge in [0.25, 0.3) is 0 Å². The van der Waals surface area contributed by atoms with E-state index in [-0.39, 0.29) is 5.82 Å². The number of hydrogen-bond donors (Lipinski definition) is 2. The number of nitrogens with one attached hydrogen (secondary N) is 1. The molecule has 0 atom stereocenters. The van der Waals surface area contributed by atoms with Gasteiger partial charge < -0.3 is 11.1 Å². The first kappa shape index (κ1) is 17.5. The molecule has 0 saturated carbocycles. The van der Waals surface area contributed by atoms with Crippen LogP contribution in [0.25, 0.3) is 0 Å². The maximum absolute atomic E-state index is 12.6. The summed E-state index contributed by atoms with van der Waals surface area (Å²) in [4.78, 5) is 9.19.